The largest absolute Gasteiger partial charge is 0.477 e. The number of rotatable bonds is 4. The van der Waals surface area contributed by atoms with Crippen LogP contribution in [0.4, 0.5) is 5.69 Å². The van der Waals surface area contributed by atoms with E-state index in [1.54, 1.807) is 11.0 Å². The van der Waals surface area contributed by atoms with Gasteiger partial charge in [-0.05, 0) is 66.4 Å². The molecule has 0 aromatic carbocycles. The van der Waals surface area contributed by atoms with Crippen LogP contribution in [0.1, 0.15) is 75.9 Å². The Kier molecular flexibility index (Phi) is 6.77. The molecule has 0 aliphatic heterocycles. The number of hydrogen-bond donors (Lipinski definition) is 1. The maximum Gasteiger partial charge on any atom is 0.348 e. The zero-order valence-corrected chi connectivity index (χ0v) is 18.7. The van der Waals surface area contributed by atoms with Gasteiger partial charge < -0.3 is 10.0 Å². The molecule has 4 nitrogen and oxygen atoms in total. The van der Waals surface area contributed by atoms with Crippen molar-refractivity contribution in [1.29, 1.82) is 0 Å². The van der Waals surface area contributed by atoms with Crippen LogP contribution in [0, 0.1) is 29.1 Å². The first kappa shape index (κ1) is 22.2. The normalized spacial score (nSPS) is 19.6. The van der Waals surface area contributed by atoms with Gasteiger partial charge in [0, 0.05) is 17.4 Å². The lowest BCUT2D eigenvalue weighted by Crippen LogP contribution is -2.44. The van der Waals surface area contributed by atoms with Crippen LogP contribution in [0.25, 0.3) is 0 Å². The number of carbonyl (C=O) groups is 2. The first-order valence-corrected chi connectivity index (χ1v) is 10.6. The van der Waals surface area contributed by atoms with Gasteiger partial charge in [0.2, 0.25) is 5.91 Å². The third-order valence-electron chi connectivity index (χ3n) is 4.85. The Balaban J connectivity index is 2.47. The quantitative estimate of drug-likeness (QED) is 0.529. The van der Waals surface area contributed by atoms with Crippen molar-refractivity contribution < 1.29 is 14.7 Å². The number of aromatic carboxylic acids is 1. The minimum absolute atomic E-state index is 0.00174. The van der Waals surface area contributed by atoms with Crippen molar-refractivity contribution in [3.05, 3.63) is 27.5 Å². The van der Waals surface area contributed by atoms with Gasteiger partial charge in [0.1, 0.15) is 4.88 Å². The third kappa shape index (κ3) is 5.26. The van der Waals surface area contributed by atoms with Gasteiger partial charge in [-0.3, -0.25) is 4.79 Å². The molecular weight excluding hydrogens is 370 g/mol. The van der Waals surface area contributed by atoms with Crippen LogP contribution in [0.5, 0.6) is 0 Å². The SMILES string of the molecule is CC1=CC[C@@H](C(=O)N(c2cc(C#CC(C)(C)C)sc2C(=O)O)C(C)C)[C@@H](C)C1. The van der Waals surface area contributed by atoms with Gasteiger partial charge in [-0.15, -0.1) is 11.3 Å². The van der Waals surface area contributed by atoms with Crippen molar-refractivity contribution >= 4 is 28.9 Å². The zero-order chi connectivity index (χ0) is 21.2. The fourth-order valence-corrected chi connectivity index (χ4v) is 4.33. The maximum atomic E-state index is 13.4. The Hall–Kier alpha value is -2.06. The predicted molar refractivity (Wildman–Crippen MR) is 116 cm³/mol. The molecule has 0 bridgehead atoms. The zero-order valence-electron chi connectivity index (χ0n) is 17.9. The highest BCUT2D eigenvalue weighted by Crippen LogP contribution is 2.36. The van der Waals surface area contributed by atoms with Crippen LogP contribution in [0.3, 0.4) is 0 Å². The van der Waals surface area contributed by atoms with E-state index in [-0.39, 0.29) is 34.1 Å². The summed E-state index contributed by atoms with van der Waals surface area (Å²) >= 11 is 1.14. The van der Waals surface area contributed by atoms with E-state index in [2.05, 4.69) is 31.8 Å². The van der Waals surface area contributed by atoms with Crippen LogP contribution >= 0.6 is 11.3 Å². The number of anilines is 1. The number of nitrogens with zero attached hydrogens (tertiary/aromatic N) is 1. The summed E-state index contributed by atoms with van der Waals surface area (Å²) in [5, 5.41) is 9.73. The average molecular weight is 402 g/mol. The van der Waals surface area contributed by atoms with Crippen molar-refractivity contribution in [2.24, 2.45) is 17.3 Å². The summed E-state index contributed by atoms with van der Waals surface area (Å²) in [6.45, 7) is 14.1. The highest BCUT2D eigenvalue weighted by atomic mass is 32.1. The van der Waals surface area contributed by atoms with E-state index in [0.717, 1.165) is 17.8 Å². The molecule has 5 heteroatoms. The summed E-state index contributed by atoms with van der Waals surface area (Å²) < 4.78 is 0. The second-order valence-electron chi connectivity index (χ2n) is 9.01. The molecule has 0 unspecified atom stereocenters. The monoisotopic (exact) mass is 401 g/mol. The van der Waals surface area contributed by atoms with Crippen molar-refractivity contribution in [3.63, 3.8) is 0 Å². The summed E-state index contributed by atoms with van der Waals surface area (Å²) in [4.78, 5) is 27.8. The standard InChI is InChI=1S/C23H31NO3S/c1-14(2)24(21(25)18-9-8-15(3)12-16(18)4)19-13-17(10-11-23(5,6)7)28-20(19)22(26)27/h8,13-14,16,18H,9,12H2,1-7H3,(H,26,27)/t16-,18+/m0/s1. The number of hydrogen-bond acceptors (Lipinski definition) is 3. The molecule has 1 aromatic rings. The molecule has 1 aromatic heterocycles. The summed E-state index contributed by atoms with van der Waals surface area (Å²) in [6, 6.07) is 1.63. The Morgan fingerprint density at radius 2 is 1.96 bits per heavy atom. The van der Waals surface area contributed by atoms with E-state index in [4.69, 9.17) is 0 Å². The molecule has 2 rings (SSSR count). The average Bonchev–Trinajstić information content (AvgIpc) is 2.96. The molecule has 1 N–H and O–H groups in total. The van der Waals surface area contributed by atoms with Crippen LogP contribution in [-0.4, -0.2) is 23.0 Å². The minimum atomic E-state index is -1.02. The predicted octanol–water partition coefficient (Wildman–Crippen LogP) is 5.58. The van der Waals surface area contributed by atoms with Crippen molar-refractivity contribution in [2.75, 3.05) is 4.90 Å². The summed E-state index contributed by atoms with van der Waals surface area (Å²) in [5.41, 5.74) is 1.60. The van der Waals surface area contributed by atoms with Gasteiger partial charge in [0.15, 0.2) is 0 Å². The molecule has 1 amide bonds. The highest BCUT2D eigenvalue weighted by molar-refractivity contribution is 7.15. The number of carboxylic acids is 1. The van der Waals surface area contributed by atoms with Gasteiger partial charge in [0.05, 0.1) is 10.6 Å². The molecule has 0 saturated heterocycles. The molecule has 1 aliphatic carbocycles. The highest BCUT2D eigenvalue weighted by Gasteiger charge is 2.35. The fourth-order valence-electron chi connectivity index (χ4n) is 3.49. The van der Waals surface area contributed by atoms with Crippen LogP contribution < -0.4 is 4.90 Å². The van der Waals surface area contributed by atoms with Crippen LogP contribution in [0.15, 0.2) is 17.7 Å². The van der Waals surface area contributed by atoms with E-state index in [0.29, 0.717) is 17.0 Å². The maximum absolute atomic E-state index is 13.4. The number of amides is 1. The van der Waals surface area contributed by atoms with Crippen molar-refractivity contribution in [1.82, 2.24) is 0 Å². The van der Waals surface area contributed by atoms with E-state index < -0.39 is 5.97 Å². The van der Waals surface area contributed by atoms with Gasteiger partial charge in [-0.25, -0.2) is 4.79 Å². The van der Waals surface area contributed by atoms with Gasteiger partial charge >= 0.3 is 5.97 Å². The van der Waals surface area contributed by atoms with E-state index in [9.17, 15) is 14.7 Å². The van der Waals surface area contributed by atoms with Gasteiger partial charge in [0.25, 0.3) is 0 Å². The number of carbonyl (C=O) groups excluding carboxylic acids is 1. The molecular formula is C23H31NO3S. The molecule has 0 saturated carbocycles. The summed E-state index contributed by atoms with van der Waals surface area (Å²) in [6.07, 6.45) is 3.74. The number of carboxylic acid groups (broad SMARTS) is 1. The first-order valence-electron chi connectivity index (χ1n) is 9.79. The molecule has 1 heterocycles. The third-order valence-corrected chi connectivity index (χ3v) is 5.88. The molecule has 1 aliphatic rings. The smallest absolute Gasteiger partial charge is 0.348 e. The lowest BCUT2D eigenvalue weighted by molar-refractivity contribution is -0.124. The molecule has 28 heavy (non-hydrogen) atoms. The van der Waals surface area contributed by atoms with Crippen molar-refractivity contribution in [3.8, 4) is 11.8 Å². The van der Waals surface area contributed by atoms with Crippen molar-refractivity contribution in [2.45, 2.75) is 67.3 Å². The topological polar surface area (TPSA) is 57.6 Å². The van der Waals surface area contributed by atoms with Gasteiger partial charge in [-0.2, -0.15) is 0 Å². The fraction of sp³-hybridized carbons (Fsp3) is 0.565. The number of thiophene rings is 1. The Morgan fingerprint density at radius 1 is 1.32 bits per heavy atom. The summed E-state index contributed by atoms with van der Waals surface area (Å²) in [7, 11) is 0. The lowest BCUT2D eigenvalue weighted by Gasteiger charge is -2.34. The van der Waals surface area contributed by atoms with E-state index in [1.807, 2.05) is 34.6 Å². The number of allylic oxidation sites excluding steroid dienone is 2. The van der Waals surface area contributed by atoms with E-state index >= 15 is 0 Å². The first-order chi connectivity index (χ1) is 12.9. The molecule has 0 radical (unpaired) electrons. The van der Waals surface area contributed by atoms with E-state index in [1.165, 1.54) is 5.57 Å². The second-order valence-corrected chi connectivity index (χ2v) is 10.1. The molecule has 0 fully saturated rings. The van der Waals surface area contributed by atoms with Gasteiger partial charge in [-0.1, -0.05) is 30.4 Å². The van der Waals surface area contributed by atoms with Crippen LogP contribution in [0.2, 0.25) is 0 Å². The Labute approximate surface area is 172 Å². The minimum Gasteiger partial charge on any atom is -0.477 e. The summed E-state index contributed by atoms with van der Waals surface area (Å²) in [5.74, 6) is 5.33. The lowest BCUT2D eigenvalue weighted by atomic mass is 9.80. The Bertz CT molecular complexity index is 845. The van der Waals surface area contributed by atoms with Crippen LogP contribution in [-0.2, 0) is 4.79 Å². The molecule has 0 spiro atoms. The molecule has 152 valence electrons. The second kappa shape index (κ2) is 8.53. The Morgan fingerprint density at radius 3 is 2.46 bits per heavy atom. The molecule has 2 atom stereocenters.